The lowest BCUT2D eigenvalue weighted by Gasteiger charge is -2.43. The van der Waals surface area contributed by atoms with Crippen molar-refractivity contribution in [2.24, 2.45) is 5.92 Å². The van der Waals surface area contributed by atoms with Gasteiger partial charge in [0.1, 0.15) is 11.4 Å². The molecule has 0 radical (unpaired) electrons. The van der Waals surface area contributed by atoms with Crippen LogP contribution in [0.3, 0.4) is 0 Å². The summed E-state index contributed by atoms with van der Waals surface area (Å²) in [5.74, 6) is 7.56. The summed E-state index contributed by atoms with van der Waals surface area (Å²) < 4.78 is 0. The van der Waals surface area contributed by atoms with E-state index in [-0.39, 0.29) is 12.4 Å². The van der Waals surface area contributed by atoms with Crippen LogP contribution in [0, 0.1) is 17.8 Å². The Hall–Kier alpha value is -3.87. The molecular weight excluding hydrogens is 502 g/mol. The minimum atomic E-state index is 0.176. The molecule has 2 bridgehead atoms. The van der Waals surface area contributed by atoms with Crippen molar-refractivity contribution in [1.82, 2.24) is 20.1 Å². The Balaban J connectivity index is 1.16. The maximum absolute atomic E-state index is 10.3. The second kappa shape index (κ2) is 11.7. The number of aromatic nitrogens is 3. The van der Waals surface area contributed by atoms with Crippen LogP contribution in [0.4, 0.5) is 17.2 Å². The van der Waals surface area contributed by atoms with Gasteiger partial charge in [-0.2, -0.15) is 0 Å². The second-order valence-electron chi connectivity index (χ2n) is 11.2. The molecule has 3 aliphatic rings. The van der Waals surface area contributed by atoms with E-state index in [4.69, 9.17) is 5.73 Å². The van der Waals surface area contributed by atoms with Crippen LogP contribution in [-0.2, 0) is 0 Å². The van der Waals surface area contributed by atoms with Gasteiger partial charge in [0.15, 0.2) is 5.82 Å². The van der Waals surface area contributed by atoms with E-state index < -0.39 is 0 Å². The number of pyridine rings is 1. The monoisotopic (exact) mass is 539 g/mol. The van der Waals surface area contributed by atoms with E-state index in [9.17, 15) is 10.2 Å². The number of fused-ring (bicyclic) bond motifs is 2. The Morgan fingerprint density at radius 3 is 2.60 bits per heavy atom. The van der Waals surface area contributed by atoms with Crippen molar-refractivity contribution in [1.29, 1.82) is 0 Å². The SMILES string of the molecule is Nc1nnc(-c2ccccc2O)cc1N1CC2CCC(C1)N2c1ccnc(C#CCN2CCCCC(CO)C2)c1. The molecule has 0 saturated carbocycles. The number of nitrogen functional groups attached to an aromatic ring is 1. The van der Waals surface area contributed by atoms with E-state index >= 15 is 0 Å². The van der Waals surface area contributed by atoms with Crippen molar-refractivity contribution in [3.63, 3.8) is 0 Å². The molecule has 40 heavy (non-hydrogen) atoms. The average molecular weight is 540 g/mol. The molecule has 2 aromatic heterocycles. The average Bonchev–Trinajstić information content (AvgIpc) is 3.11. The molecular formula is C31H37N7O2. The predicted octanol–water partition coefficient (Wildman–Crippen LogP) is 3.13. The lowest BCUT2D eigenvalue weighted by atomic mass is 10.1. The second-order valence-corrected chi connectivity index (χ2v) is 11.2. The van der Waals surface area contributed by atoms with Crippen molar-refractivity contribution in [3.8, 4) is 28.8 Å². The first-order valence-corrected chi connectivity index (χ1v) is 14.3. The lowest BCUT2D eigenvalue weighted by molar-refractivity contribution is 0.182. The summed E-state index contributed by atoms with van der Waals surface area (Å²) in [6.45, 7) is 4.57. The van der Waals surface area contributed by atoms with Gasteiger partial charge >= 0.3 is 0 Å². The number of hydrogen-bond donors (Lipinski definition) is 3. The van der Waals surface area contributed by atoms with Crippen LogP contribution < -0.4 is 15.5 Å². The van der Waals surface area contributed by atoms with Crippen molar-refractivity contribution < 1.29 is 10.2 Å². The van der Waals surface area contributed by atoms with Gasteiger partial charge in [0.05, 0.1) is 17.9 Å². The largest absolute Gasteiger partial charge is 0.507 e. The molecule has 208 valence electrons. The Labute approximate surface area is 235 Å². The van der Waals surface area contributed by atoms with E-state index in [2.05, 4.69) is 53.9 Å². The van der Waals surface area contributed by atoms with Gasteiger partial charge in [-0.15, -0.1) is 10.2 Å². The van der Waals surface area contributed by atoms with Gasteiger partial charge in [-0.3, -0.25) is 4.90 Å². The molecule has 4 N–H and O–H groups in total. The number of benzene rings is 1. The number of likely N-dealkylation sites (tertiary alicyclic amines) is 1. The Bertz CT molecular complexity index is 1390. The summed E-state index contributed by atoms with van der Waals surface area (Å²) in [5, 5.41) is 28.4. The summed E-state index contributed by atoms with van der Waals surface area (Å²) in [7, 11) is 0. The molecule has 5 heterocycles. The summed E-state index contributed by atoms with van der Waals surface area (Å²) in [6.07, 6.45) is 7.52. The highest BCUT2D eigenvalue weighted by Gasteiger charge is 2.40. The molecule has 3 unspecified atom stereocenters. The molecule has 3 aliphatic heterocycles. The van der Waals surface area contributed by atoms with Crippen molar-refractivity contribution >= 4 is 17.2 Å². The number of para-hydroxylation sites is 1. The molecule has 0 amide bonds. The Morgan fingerprint density at radius 2 is 1.80 bits per heavy atom. The van der Waals surface area contributed by atoms with Crippen LogP contribution in [-0.4, -0.2) is 81.7 Å². The minimum absolute atomic E-state index is 0.176. The molecule has 9 heteroatoms. The first-order valence-electron chi connectivity index (χ1n) is 14.3. The highest BCUT2D eigenvalue weighted by atomic mass is 16.3. The summed E-state index contributed by atoms with van der Waals surface area (Å²) in [4.78, 5) is 11.7. The first-order chi connectivity index (χ1) is 19.6. The van der Waals surface area contributed by atoms with Crippen molar-refractivity contribution in [3.05, 3.63) is 54.4 Å². The van der Waals surface area contributed by atoms with Crippen LogP contribution in [0.25, 0.3) is 11.3 Å². The third-order valence-electron chi connectivity index (χ3n) is 8.48. The van der Waals surface area contributed by atoms with E-state index in [1.54, 1.807) is 12.1 Å². The molecule has 3 fully saturated rings. The fourth-order valence-corrected chi connectivity index (χ4v) is 6.49. The van der Waals surface area contributed by atoms with Crippen molar-refractivity contribution in [2.75, 3.05) is 54.9 Å². The molecule has 9 nitrogen and oxygen atoms in total. The Kier molecular flexibility index (Phi) is 7.71. The highest BCUT2D eigenvalue weighted by molar-refractivity contribution is 5.74. The number of phenols is 1. The van der Waals surface area contributed by atoms with Gasteiger partial charge in [0.2, 0.25) is 0 Å². The van der Waals surface area contributed by atoms with Gasteiger partial charge in [-0.05, 0) is 74.4 Å². The van der Waals surface area contributed by atoms with Crippen LogP contribution in [0.2, 0.25) is 0 Å². The minimum Gasteiger partial charge on any atom is -0.507 e. The molecule has 0 aliphatic carbocycles. The summed E-state index contributed by atoms with van der Waals surface area (Å²) >= 11 is 0. The van der Waals surface area contributed by atoms with Crippen LogP contribution in [0.1, 0.15) is 37.8 Å². The normalized spacial score (nSPS) is 23.0. The number of aliphatic hydroxyl groups excluding tert-OH is 1. The molecule has 6 rings (SSSR count). The summed E-state index contributed by atoms with van der Waals surface area (Å²) in [5.41, 5.74) is 10.4. The summed E-state index contributed by atoms with van der Waals surface area (Å²) in [6, 6.07) is 14.0. The first kappa shape index (κ1) is 26.4. The zero-order valence-corrected chi connectivity index (χ0v) is 22.8. The van der Waals surface area contributed by atoms with Crippen LogP contribution >= 0.6 is 0 Å². The lowest BCUT2D eigenvalue weighted by Crippen LogP contribution is -2.54. The number of hydrogen-bond acceptors (Lipinski definition) is 9. The predicted molar refractivity (Wildman–Crippen MR) is 157 cm³/mol. The molecule has 3 atom stereocenters. The van der Waals surface area contributed by atoms with Crippen LogP contribution in [0.5, 0.6) is 5.75 Å². The standard InChI is InChI=1S/C31H37N7O2/c32-31-29(17-28(34-35-31)27-8-1-2-9-30(27)40)37-19-25-10-11-26(20-37)38(25)24-12-13-33-23(16-24)7-5-15-36-14-4-3-6-22(18-36)21-39/h1-2,8-9,12-13,16-17,22,25-26,39-40H,3-4,6,10-11,14-15,18-21H2,(H2,32,35). The van der Waals surface area contributed by atoms with E-state index in [1.165, 1.54) is 6.42 Å². The number of aliphatic hydroxyl groups is 1. The van der Waals surface area contributed by atoms with Crippen molar-refractivity contribution in [2.45, 2.75) is 44.2 Å². The van der Waals surface area contributed by atoms with Gasteiger partial charge in [-0.25, -0.2) is 4.98 Å². The number of piperazine rings is 1. The van der Waals surface area contributed by atoms with E-state index in [1.807, 2.05) is 24.4 Å². The number of aromatic hydroxyl groups is 1. The third kappa shape index (κ3) is 5.55. The topological polar surface area (TPSA) is 115 Å². The Morgan fingerprint density at radius 1 is 0.975 bits per heavy atom. The maximum atomic E-state index is 10.3. The maximum Gasteiger partial charge on any atom is 0.169 e. The molecule has 0 spiro atoms. The number of nitrogens with two attached hydrogens (primary N) is 1. The third-order valence-corrected chi connectivity index (χ3v) is 8.48. The molecule has 1 aromatic carbocycles. The smallest absolute Gasteiger partial charge is 0.169 e. The van der Waals surface area contributed by atoms with Gasteiger partial charge in [0, 0.05) is 55.8 Å². The zero-order valence-electron chi connectivity index (χ0n) is 22.8. The zero-order chi connectivity index (χ0) is 27.5. The van der Waals surface area contributed by atoms with Gasteiger partial charge in [-0.1, -0.05) is 24.5 Å². The van der Waals surface area contributed by atoms with Gasteiger partial charge in [0.25, 0.3) is 0 Å². The van der Waals surface area contributed by atoms with E-state index in [0.717, 1.165) is 68.9 Å². The fraction of sp³-hybridized carbons (Fsp3) is 0.452. The van der Waals surface area contributed by atoms with E-state index in [0.29, 0.717) is 41.6 Å². The number of phenolic OH excluding ortho intramolecular Hbond substituents is 1. The number of nitrogens with zero attached hydrogens (tertiary/aromatic N) is 6. The highest BCUT2D eigenvalue weighted by Crippen LogP contribution is 2.39. The fourth-order valence-electron chi connectivity index (χ4n) is 6.49. The number of anilines is 3. The number of rotatable bonds is 5. The molecule has 3 saturated heterocycles. The van der Waals surface area contributed by atoms with Gasteiger partial charge < -0.3 is 25.7 Å². The molecule has 3 aromatic rings. The van der Waals surface area contributed by atoms with Crippen LogP contribution in [0.15, 0.2) is 48.7 Å². The quantitative estimate of drug-likeness (QED) is 0.421.